The third kappa shape index (κ3) is 3.92. The van der Waals surface area contributed by atoms with Crippen molar-refractivity contribution in [3.05, 3.63) is 35.9 Å². The summed E-state index contributed by atoms with van der Waals surface area (Å²) in [6.07, 6.45) is 2.29. The number of aliphatic carboxylic acids is 1. The van der Waals surface area contributed by atoms with E-state index in [1.807, 2.05) is 0 Å². The highest BCUT2D eigenvalue weighted by Crippen LogP contribution is 2.27. The van der Waals surface area contributed by atoms with Crippen LogP contribution in [0.5, 0.6) is 0 Å². The molecule has 0 saturated heterocycles. The molecule has 0 aliphatic heterocycles. The van der Waals surface area contributed by atoms with Crippen LogP contribution in [0, 0.1) is 0 Å². The van der Waals surface area contributed by atoms with Gasteiger partial charge in [-0.05, 0) is 12.7 Å². The summed E-state index contributed by atoms with van der Waals surface area (Å²) in [5, 5.41) is 10.5. The molecule has 7 heteroatoms. The largest absolute Gasteiger partial charge is 0.479 e. The van der Waals surface area contributed by atoms with Crippen LogP contribution in [-0.4, -0.2) is 52.5 Å². The van der Waals surface area contributed by atoms with E-state index < -0.39 is 23.2 Å². The Morgan fingerprint density at radius 3 is 2.30 bits per heavy atom. The summed E-state index contributed by atoms with van der Waals surface area (Å²) in [6, 6.07) is 8.06. The smallest absolute Gasteiger partial charge is 0.341 e. The van der Waals surface area contributed by atoms with Crippen molar-refractivity contribution in [1.29, 1.82) is 0 Å². The number of nitrogens with zero attached hydrogens (tertiary/aromatic N) is 1. The molecule has 0 spiro atoms. The van der Waals surface area contributed by atoms with E-state index in [0.29, 0.717) is 11.5 Å². The lowest BCUT2D eigenvalue weighted by molar-refractivity contribution is -0.205. The average Bonchev–Trinajstić information content (AvgIpc) is 2.54. The van der Waals surface area contributed by atoms with E-state index >= 15 is 0 Å². The maximum absolute atomic E-state index is 12.9. The molecule has 0 saturated carbocycles. The highest BCUT2D eigenvalue weighted by Gasteiger charge is 2.54. The molecule has 6 nitrogen and oxygen atoms in total. The first-order valence-electron chi connectivity index (χ1n) is 7.15. The van der Waals surface area contributed by atoms with Gasteiger partial charge in [-0.3, -0.25) is 14.4 Å². The summed E-state index contributed by atoms with van der Waals surface area (Å²) in [6.45, 7) is 1.79. The van der Waals surface area contributed by atoms with Crippen LogP contribution in [0.4, 0.5) is 0 Å². The lowest BCUT2D eigenvalue weighted by Crippen LogP contribution is -2.63. The van der Waals surface area contributed by atoms with E-state index in [2.05, 4.69) is 0 Å². The summed E-state index contributed by atoms with van der Waals surface area (Å²) in [5.74, 6) is -2.73. The van der Waals surface area contributed by atoms with Gasteiger partial charge in [0, 0.05) is 17.7 Å². The highest BCUT2D eigenvalue weighted by atomic mass is 32.2. The van der Waals surface area contributed by atoms with Crippen molar-refractivity contribution in [3.8, 4) is 0 Å². The summed E-state index contributed by atoms with van der Waals surface area (Å²) in [4.78, 5) is 42.3. The predicted molar refractivity (Wildman–Crippen MR) is 88.3 cm³/mol. The molecule has 0 fully saturated rings. The van der Waals surface area contributed by atoms with Crippen LogP contribution in [-0.2, 0) is 14.4 Å². The van der Waals surface area contributed by atoms with Crippen LogP contribution in [0.3, 0.4) is 0 Å². The van der Waals surface area contributed by atoms with Crippen molar-refractivity contribution < 1.29 is 24.3 Å². The van der Waals surface area contributed by atoms with Crippen LogP contribution < -0.4 is 0 Å². The zero-order chi connectivity index (χ0) is 17.5. The monoisotopic (exact) mass is 339 g/mol. The van der Waals surface area contributed by atoms with Gasteiger partial charge in [0.1, 0.15) is 0 Å². The second-order valence-electron chi connectivity index (χ2n) is 4.91. The van der Waals surface area contributed by atoms with Gasteiger partial charge in [-0.2, -0.15) is 16.8 Å². The molecule has 1 aromatic carbocycles. The summed E-state index contributed by atoms with van der Waals surface area (Å²) >= 11 is 1.16. The van der Waals surface area contributed by atoms with Gasteiger partial charge >= 0.3 is 5.97 Å². The maximum atomic E-state index is 12.9. The van der Waals surface area contributed by atoms with Crippen molar-refractivity contribution >= 4 is 29.4 Å². The van der Waals surface area contributed by atoms with Crippen molar-refractivity contribution in [2.75, 3.05) is 19.1 Å². The van der Waals surface area contributed by atoms with E-state index in [0.717, 1.165) is 11.8 Å². The van der Waals surface area contributed by atoms with E-state index in [1.54, 1.807) is 31.4 Å². The van der Waals surface area contributed by atoms with Gasteiger partial charge in [0.2, 0.25) is 17.2 Å². The number of rotatable bonds is 9. The SMILES string of the molecule is CCCC(=O)N(OC)[C@@](CSC)(C(=O)O)C(=O)c1ccccc1. The van der Waals surface area contributed by atoms with E-state index in [-0.39, 0.29) is 17.7 Å². The third-order valence-corrected chi connectivity index (χ3v) is 4.04. The van der Waals surface area contributed by atoms with Gasteiger partial charge in [0.05, 0.1) is 7.11 Å². The van der Waals surface area contributed by atoms with Gasteiger partial charge in [-0.15, -0.1) is 0 Å². The Balaban J connectivity index is 3.44. The summed E-state index contributed by atoms with van der Waals surface area (Å²) < 4.78 is 0. The van der Waals surface area contributed by atoms with Crippen LogP contribution in [0.2, 0.25) is 0 Å². The Labute approximate surface area is 139 Å². The van der Waals surface area contributed by atoms with E-state index in [1.165, 1.54) is 19.2 Å². The fourth-order valence-corrected chi connectivity index (χ4v) is 3.07. The first-order chi connectivity index (χ1) is 10.9. The van der Waals surface area contributed by atoms with Crippen molar-refractivity contribution in [2.24, 2.45) is 0 Å². The van der Waals surface area contributed by atoms with Crippen LogP contribution in [0.15, 0.2) is 30.3 Å². The van der Waals surface area contributed by atoms with Gasteiger partial charge in [0.15, 0.2) is 0 Å². The molecule has 1 atom stereocenters. The average molecular weight is 339 g/mol. The maximum Gasteiger partial charge on any atom is 0.341 e. The van der Waals surface area contributed by atoms with Gasteiger partial charge in [0.25, 0.3) is 0 Å². The molecule has 0 radical (unpaired) electrons. The number of ketones is 1. The number of carboxylic acids is 1. The molecular weight excluding hydrogens is 318 g/mol. The quantitative estimate of drug-likeness (QED) is 0.422. The minimum absolute atomic E-state index is 0.0965. The fourth-order valence-electron chi connectivity index (χ4n) is 2.29. The molecule has 1 rings (SSSR count). The standard InChI is InChI=1S/C16H21NO5S/c1-4-8-13(18)17(22-2)16(11-23-3,15(20)21)14(19)12-9-6-5-7-10-12/h5-7,9-10H,4,8,11H2,1-3H3,(H,20,21)/t16-/m1/s1. The van der Waals surface area contributed by atoms with Crippen LogP contribution in [0.1, 0.15) is 30.1 Å². The molecule has 1 amide bonds. The van der Waals surface area contributed by atoms with Gasteiger partial charge < -0.3 is 5.11 Å². The van der Waals surface area contributed by atoms with E-state index in [4.69, 9.17) is 4.84 Å². The molecule has 0 unspecified atom stereocenters. The van der Waals surface area contributed by atoms with Crippen LogP contribution in [0.25, 0.3) is 0 Å². The summed E-state index contributed by atoms with van der Waals surface area (Å²) in [5.41, 5.74) is -1.88. The molecule has 126 valence electrons. The topological polar surface area (TPSA) is 83.9 Å². The number of carbonyl (C=O) groups is 3. The third-order valence-electron chi connectivity index (χ3n) is 3.34. The van der Waals surface area contributed by atoms with E-state index in [9.17, 15) is 19.5 Å². The number of hydroxylamine groups is 2. The molecule has 0 aliphatic carbocycles. The first-order valence-corrected chi connectivity index (χ1v) is 8.54. The number of Topliss-reactive ketones (excluding diaryl/α,β-unsaturated/α-hetero) is 1. The van der Waals surface area contributed by atoms with Crippen molar-refractivity contribution in [1.82, 2.24) is 5.06 Å². The molecular formula is C16H21NO5S. The first kappa shape index (κ1) is 19.2. The lowest BCUT2D eigenvalue weighted by Gasteiger charge is -2.36. The Morgan fingerprint density at radius 2 is 1.87 bits per heavy atom. The Bertz CT molecular complexity index is 563. The Morgan fingerprint density at radius 1 is 1.26 bits per heavy atom. The number of hydrogen-bond acceptors (Lipinski definition) is 5. The molecule has 0 aliphatic rings. The van der Waals surface area contributed by atoms with Gasteiger partial charge in [-0.1, -0.05) is 37.3 Å². The Hall–Kier alpha value is -1.86. The minimum Gasteiger partial charge on any atom is -0.479 e. The number of amides is 1. The zero-order valence-corrected chi connectivity index (χ0v) is 14.3. The van der Waals surface area contributed by atoms with Crippen molar-refractivity contribution in [2.45, 2.75) is 25.3 Å². The number of benzene rings is 1. The molecule has 1 aromatic rings. The van der Waals surface area contributed by atoms with Crippen molar-refractivity contribution in [3.63, 3.8) is 0 Å². The second-order valence-corrected chi connectivity index (χ2v) is 5.78. The molecule has 23 heavy (non-hydrogen) atoms. The number of thioether (sulfide) groups is 1. The summed E-state index contributed by atoms with van der Waals surface area (Å²) in [7, 11) is 1.20. The normalized spacial score (nSPS) is 13.2. The highest BCUT2D eigenvalue weighted by molar-refractivity contribution is 7.98. The molecule has 0 heterocycles. The number of carbonyl (C=O) groups excluding carboxylic acids is 2. The molecule has 0 aromatic heterocycles. The van der Waals surface area contributed by atoms with Crippen LogP contribution >= 0.6 is 11.8 Å². The second kappa shape index (κ2) is 8.69. The number of carboxylic acid groups (broad SMARTS) is 1. The fraction of sp³-hybridized carbons (Fsp3) is 0.438. The molecule has 1 N–H and O–H groups in total. The lowest BCUT2D eigenvalue weighted by atomic mass is 9.90. The Kier molecular flexibility index (Phi) is 7.25. The zero-order valence-electron chi connectivity index (χ0n) is 13.4. The minimum atomic E-state index is -2.10. The molecule has 0 bridgehead atoms. The number of hydrogen-bond donors (Lipinski definition) is 1. The van der Waals surface area contributed by atoms with Gasteiger partial charge in [-0.25, -0.2) is 4.79 Å². The predicted octanol–water partition coefficient (Wildman–Crippen LogP) is 2.25.